The molecule has 6 nitrogen and oxygen atoms in total. The third-order valence-electron chi connectivity index (χ3n) is 1.97. The van der Waals surface area contributed by atoms with Crippen LogP contribution in [0.25, 0.3) is 0 Å². The molecule has 0 bridgehead atoms. The van der Waals surface area contributed by atoms with Crippen molar-refractivity contribution in [2.75, 3.05) is 6.54 Å². The molecule has 1 rings (SSSR count). The maximum atomic E-state index is 12.0. The summed E-state index contributed by atoms with van der Waals surface area (Å²) in [5, 5.41) is 2.32. The average molecular weight is 270 g/mol. The second-order valence-corrected chi connectivity index (χ2v) is 6.27. The van der Waals surface area contributed by atoms with Gasteiger partial charge >= 0.3 is 12.2 Å². The van der Waals surface area contributed by atoms with Crippen molar-refractivity contribution >= 4 is 12.2 Å². The molecule has 1 aliphatic heterocycles. The molecule has 0 aromatic carbocycles. The molecule has 0 atom stereocenters. The van der Waals surface area contributed by atoms with Crippen LogP contribution in [0, 0.1) is 0 Å². The Labute approximate surface area is 113 Å². The molecule has 6 heteroatoms. The Kier molecular flexibility index (Phi) is 4.12. The number of nitrogens with zero attached hydrogens (tertiary/aromatic N) is 2. The van der Waals surface area contributed by atoms with Crippen molar-refractivity contribution in [1.82, 2.24) is 10.0 Å². The summed E-state index contributed by atoms with van der Waals surface area (Å²) in [6.07, 6.45) is 2.00. The normalized spacial score (nSPS) is 15.7. The van der Waals surface area contributed by atoms with Crippen LogP contribution in [0.1, 0.15) is 41.5 Å². The highest BCUT2D eigenvalue weighted by molar-refractivity contribution is 5.76. The van der Waals surface area contributed by atoms with Crippen molar-refractivity contribution in [3.8, 4) is 0 Å². The van der Waals surface area contributed by atoms with Crippen molar-refractivity contribution in [2.24, 2.45) is 0 Å². The molecule has 2 amide bonds. The van der Waals surface area contributed by atoms with Crippen LogP contribution in [0.4, 0.5) is 9.59 Å². The SMILES string of the molecule is CC(C)(C)OC(=O)N1C=CCN1C(=O)OC(C)(C)C. The smallest absolute Gasteiger partial charge is 0.433 e. The fraction of sp³-hybridized carbons (Fsp3) is 0.692. The first-order chi connectivity index (χ1) is 8.49. The first kappa shape index (κ1) is 15.3. The molecule has 0 saturated carbocycles. The summed E-state index contributed by atoms with van der Waals surface area (Å²) >= 11 is 0. The van der Waals surface area contributed by atoms with Crippen molar-refractivity contribution in [2.45, 2.75) is 52.7 Å². The molecular formula is C13H22N2O4. The van der Waals surface area contributed by atoms with Crippen LogP contribution in [0.5, 0.6) is 0 Å². The van der Waals surface area contributed by atoms with Gasteiger partial charge in [-0.3, -0.25) is 0 Å². The Hall–Kier alpha value is -1.72. The minimum atomic E-state index is -0.618. The molecule has 19 heavy (non-hydrogen) atoms. The number of hydrogen-bond donors (Lipinski definition) is 0. The lowest BCUT2D eigenvalue weighted by Crippen LogP contribution is -2.47. The van der Waals surface area contributed by atoms with Gasteiger partial charge in [-0.25, -0.2) is 14.6 Å². The van der Waals surface area contributed by atoms with Crippen LogP contribution < -0.4 is 0 Å². The average Bonchev–Trinajstić information content (AvgIpc) is 2.59. The Morgan fingerprint density at radius 1 is 0.947 bits per heavy atom. The van der Waals surface area contributed by atoms with E-state index in [9.17, 15) is 9.59 Å². The lowest BCUT2D eigenvalue weighted by atomic mass is 10.2. The molecule has 0 unspecified atom stereocenters. The predicted molar refractivity (Wildman–Crippen MR) is 70.2 cm³/mol. The van der Waals surface area contributed by atoms with E-state index in [1.165, 1.54) is 11.2 Å². The van der Waals surface area contributed by atoms with Crippen molar-refractivity contribution in [3.05, 3.63) is 12.3 Å². The monoisotopic (exact) mass is 270 g/mol. The topological polar surface area (TPSA) is 59.1 Å². The number of hydrogen-bond acceptors (Lipinski definition) is 4. The van der Waals surface area contributed by atoms with E-state index >= 15 is 0 Å². The van der Waals surface area contributed by atoms with E-state index in [1.54, 1.807) is 47.6 Å². The van der Waals surface area contributed by atoms with Gasteiger partial charge in [0.2, 0.25) is 0 Å². The highest BCUT2D eigenvalue weighted by Crippen LogP contribution is 2.18. The fourth-order valence-electron chi connectivity index (χ4n) is 1.36. The third-order valence-corrected chi connectivity index (χ3v) is 1.97. The summed E-state index contributed by atoms with van der Waals surface area (Å²) in [4.78, 5) is 23.9. The summed E-state index contributed by atoms with van der Waals surface area (Å²) < 4.78 is 10.4. The van der Waals surface area contributed by atoms with Gasteiger partial charge in [-0.1, -0.05) is 0 Å². The summed E-state index contributed by atoms with van der Waals surface area (Å²) in [5.74, 6) is 0. The summed E-state index contributed by atoms with van der Waals surface area (Å²) in [5.41, 5.74) is -1.23. The Morgan fingerprint density at radius 3 is 1.89 bits per heavy atom. The molecule has 0 aromatic heterocycles. The second kappa shape index (κ2) is 5.11. The highest BCUT2D eigenvalue weighted by Gasteiger charge is 2.33. The number of ether oxygens (including phenoxy) is 2. The second-order valence-electron chi connectivity index (χ2n) is 6.27. The van der Waals surface area contributed by atoms with Crippen molar-refractivity contribution < 1.29 is 19.1 Å². The maximum Gasteiger partial charge on any atom is 0.433 e. The van der Waals surface area contributed by atoms with E-state index in [4.69, 9.17) is 9.47 Å². The molecule has 0 saturated heterocycles. The van der Waals surface area contributed by atoms with E-state index in [0.717, 1.165) is 5.01 Å². The first-order valence-corrected chi connectivity index (χ1v) is 6.19. The molecule has 1 heterocycles. The fourth-order valence-corrected chi connectivity index (χ4v) is 1.36. The zero-order valence-electron chi connectivity index (χ0n) is 12.4. The van der Waals surface area contributed by atoms with Crippen LogP contribution in [0.3, 0.4) is 0 Å². The van der Waals surface area contributed by atoms with Crippen molar-refractivity contribution in [1.29, 1.82) is 0 Å². The Balaban J connectivity index is 2.71. The van der Waals surface area contributed by atoms with Crippen LogP contribution in [-0.4, -0.2) is 40.0 Å². The molecular weight excluding hydrogens is 248 g/mol. The number of carbonyl (C=O) groups excluding carboxylic acids is 2. The van der Waals surface area contributed by atoms with Gasteiger partial charge in [0.25, 0.3) is 0 Å². The van der Waals surface area contributed by atoms with Gasteiger partial charge in [-0.05, 0) is 47.6 Å². The molecule has 1 aliphatic rings. The van der Waals surface area contributed by atoms with Gasteiger partial charge in [0.15, 0.2) is 0 Å². The van der Waals surface area contributed by atoms with E-state index < -0.39 is 23.4 Å². The molecule has 0 N–H and O–H groups in total. The zero-order valence-corrected chi connectivity index (χ0v) is 12.4. The minimum absolute atomic E-state index is 0.286. The van der Waals surface area contributed by atoms with Crippen molar-refractivity contribution in [3.63, 3.8) is 0 Å². The molecule has 0 spiro atoms. The molecule has 0 fully saturated rings. The van der Waals surface area contributed by atoms with Gasteiger partial charge in [0.05, 0.1) is 6.54 Å². The molecule has 0 aromatic rings. The van der Waals surface area contributed by atoms with Gasteiger partial charge in [0, 0.05) is 6.20 Å². The number of carbonyl (C=O) groups is 2. The quantitative estimate of drug-likeness (QED) is 0.679. The lowest BCUT2D eigenvalue weighted by Gasteiger charge is -2.31. The Bertz CT molecular complexity index is 390. The van der Waals surface area contributed by atoms with E-state index in [2.05, 4.69) is 0 Å². The first-order valence-electron chi connectivity index (χ1n) is 6.19. The molecule has 0 aliphatic carbocycles. The predicted octanol–water partition coefficient (Wildman–Crippen LogP) is 2.90. The number of rotatable bonds is 0. The maximum absolute atomic E-state index is 12.0. The van der Waals surface area contributed by atoms with Gasteiger partial charge in [0.1, 0.15) is 11.2 Å². The van der Waals surface area contributed by atoms with E-state index in [1.807, 2.05) is 0 Å². The largest absolute Gasteiger partial charge is 0.442 e. The van der Waals surface area contributed by atoms with Crippen LogP contribution in [0.2, 0.25) is 0 Å². The lowest BCUT2D eigenvalue weighted by molar-refractivity contribution is -0.0347. The van der Waals surface area contributed by atoms with Crippen LogP contribution in [0.15, 0.2) is 12.3 Å². The van der Waals surface area contributed by atoms with E-state index in [-0.39, 0.29) is 6.54 Å². The Morgan fingerprint density at radius 2 is 1.42 bits per heavy atom. The van der Waals surface area contributed by atoms with Gasteiger partial charge in [-0.2, -0.15) is 5.01 Å². The summed E-state index contributed by atoms with van der Waals surface area (Å²) in [6.45, 7) is 10.9. The van der Waals surface area contributed by atoms with E-state index in [0.29, 0.717) is 0 Å². The summed E-state index contributed by atoms with van der Waals surface area (Å²) in [6, 6.07) is 0. The van der Waals surface area contributed by atoms with Crippen LogP contribution in [-0.2, 0) is 9.47 Å². The molecule has 108 valence electrons. The number of hydrazine groups is 1. The standard InChI is InChI=1S/C13H22N2O4/c1-12(2,3)18-10(16)14-8-7-9-15(14)11(17)19-13(4,5)6/h7-8H,9H2,1-6H3. The highest BCUT2D eigenvalue weighted by atomic mass is 16.6. The zero-order chi connectivity index (χ0) is 14.8. The van der Waals surface area contributed by atoms with Crippen LogP contribution >= 0.6 is 0 Å². The summed E-state index contributed by atoms with van der Waals surface area (Å²) in [7, 11) is 0. The molecule has 0 radical (unpaired) electrons. The van der Waals surface area contributed by atoms with Gasteiger partial charge < -0.3 is 9.47 Å². The minimum Gasteiger partial charge on any atom is -0.442 e. The third kappa shape index (κ3) is 4.81. The van der Waals surface area contributed by atoms with Gasteiger partial charge in [-0.15, -0.1) is 0 Å². The number of amides is 2.